The number of carboxylic acid groups (broad SMARTS) is 1. The third-order valence-corrected chi connectivity index (χ3v) is 2.83. The number of H-pyrrole nitrogens is 1. The van der Waals surface area contributed by atoms with Crippen LogP contribution in [0.25, 0.3) is 0 Å². The summed E-state index contributed by atoms with van der Waals surface area (Å²) in [4.78, 5) is 39.7. The first-order chi connectivity index (χ1) is 10.1. The van der Waals surface area contributed by atoms with Crippen LogP contribution in [0.4, 0.5) is 0 Å². The number of aromatic carboxylic acids is 1. The van der Waals surface area contributed by atoms with E-state index in [1.165, 1.54) is 12.3 Å². The first kappa shape index (κ1) is 14.4. The molecule has 0 saturated heterocycles. The highest BCUT2D eigenvalue weighted by atomic mass is 16.4. The molecule has 0 aliphatic rings. The van der Waals surface area contributed by atoms with Crippen molar-refractivity contribution in [2.24, 2.45) is 0 Å². The fourth-order valence-corrected chi connectivity index (χ4v) is 1.81. The molecule has 3 N–H and O–H groups in total. The summed E-state index contributed by atoms with van der Waals surface area (Å²) in [5.74, 6) is -1.43. The molecule has 0 bridgehead atoms. The molecule has 21 heavy (non-hydrogen) atoms. The van der Waals surface area contributed by atoms with Crippen LogP contribution < -0.4 is 10.9 Å². The zero-order valence-electron chi connectivity index (χ0n) is 11.0. The number of aromatic amines is 1. The quantitative estimate of drug-likeness (QED) is 0.738. The van der Waals surface area contributed by atoms with Crippen molar-refractivity contribution in [3.05, 3.63) is 63.8 Å². The zero-order chi connectivity index (χ0) is 15.2. The van der Waals surface area contributed by atoms with Crippen LogP contribution in [0.5, 0.6) is 0 Å². The monoisotopic (exact) mass is 287 g/mol. The molecule has 2 aromatic rings. The lowest BCUT2D eigenvalue weighted by molar-refractivity contribution is 0.0695. The summed E-state index contributed by atoms with van der Waals surface area (Å²) < 4.78 is 0. The molecule has 1 heterocycles. The van der Waals surface area contributed by atoms with E-state index in [4.69, 9.17) is 5.11 Å². The average molecular weight is 287 g/mol. The maximum atomic E-state index is 11.8. The number of carbonyl (C=O) groups excluding carboxylic acids is 1. The molecule has 0 fully saturated rings. The zero-order valence-corrected chi connectivity index (χ0v) is 11.0. The second-order valence-electron chi connectivity index (χ2n) is 4.26. The number of hydrogen-bond donors (Lipinski definition) is 3. The van der Waals surface area contributed by atoms with Crippen LogP contribution in [-0.4, -0.2) is 33.5 Å². The van der Waals surface area contributed by atoms with Crippen LogP contribution in [0.3, 0.4) is 0 Å². The van der Waals surface area contributed by atoms with Gasteiger partial charge in [-0.25, -0.2) is 9.78 Å². The molecule has 1 amide bonds. The second kappa shape index (κ2) is 6.47. The van der Waals surface area contributed by atoms with Crippen molar-refractivity contribution in [1.29, 1.82) is 0 Å². The fraction of sp³-hybridized carbons (Fsp3) is 0.143. The molecule has 7 nitrogen and oxygen atoms in total. The van der Waals surface area contributed by atoms with E-state index in [1.807, 2.05) is 0 Å². The third-order valence-electron chi connectivity index (χ3n) is 2.83. The van der Waals surface area contributed by atoms with Gasteiger partial charge in [0.25, 0.3) is 11.5 Å². The summed E-state index contributed by atoms with van der Waals surface area (Å²) in [6, 6.07) is 6.61. The van der Waals surface area contributed by atoms with Crippen LogP contribution in [0.1, 0.15) is 26.4 Å². The van der Waals surface area contributed by atoms with Crippen molar-refractivity contribution < 1.29 is 14.7 Å². The van der Waals surface area contributed by atoms with E-state index in [0.29, 0.717) is 12.0 Å². The highest BCUT2D eigenvalue weighted by Gasteiger charge is 2.10. The highest BCUT2D eigenvalue weighted by Crippen LogP contribution is 2.09. The Morgan fingerprint density at radius 3 is 2.71 bits per heavy atom. The van der Waals surface area contributed by atoms with Crippen molar-refractivity contribution >= 4 is 11.9 Å². The predicted octanol–water partition coefficient (Wildman–Crippen LogP) is 0.441. The van der Waals surface area contributed by atoms with Gasteiger partial charge in [0.15, 0.2) is 0 Å². The lowest BCUT2D eigenvalue weighted by Gasteiger charge is -2.07. The summed E-state index contributed by atoms with van der Waals surface area (Å²) in [7, 11) is 0. The van der Waals surface area contributed by atoms with E-state index in [0.717, 1.165) is 6.20 Å². The van der Waals surface area contributed by atoms with E-state index >= 15 is 0 Å². The smallest absolute Gasteiger partial charge is 0.335 e. The second-order valence-corrected chi connectivity index (χ2v) is 4.26. The highest BCUT2D eigenvalue weighted by molar-refractivity contribution is 5.92. The van der Waals surface area contributed by atoms with Crippen LogP contribution in [0.15, 0.2) is 41.5 Å². The van der Waals surface area contributed by atoms with Gasteiger partial charge in [0, 0.05) is 12.7 Å². The SMILES string of the molecule is O=C(NCCc1ccccc1C(=O)O)c1c[nH]c(=O)cn1. The maximum absolute atomic E-state index is 11.8. The van der Waals surface area contributed by atoms with Gasteiger partial charge in [0.2, 0.25) is 0 Å². The number of nitrogens with zero attached hydrogens (tertiary/aromatic N) is 1. The molecule has 2 rings (SSSR count). The van der Waals surface area contributed by atoms with Crippen LogP contribution in [-0.2, 0) is 6.42 Å². The number of amides is 1. The first-order valence-electron chi connectivity index (χ1n) is 6.22. The van der Waals surface area contributed by atoms with Crippen molar-refractivity contribution in [2.75, 3.05) is 6.54 Å². The number of benzene rings is 1. The summed E-state index contributed by atoms with van der Waals surface area (Å²) in [6.45, 7) is 0.268. The molecule has 0 spiro atoms. The molecule has 1 aromatic carbocycles. The molecule has 7 heteroatoms. The van der Waals surface area contributed by atoms with Gasteiger partial charge < -0.3 is 15.4 Å². The summed E-state index contributed by atoms with van der Waals surface area (Å²) >= 11 is 0. The third kappa shape index (κ3) is 3.75. The lowest BCUT2D eigenvalue weighted by atomic mass is 10.0. The Morgan fingerprint density at radius 2 is 2.05 bits per heavy atom. The Kier molecular flexibility index (Phi) is 4.45. The lowest BCUT2D eigenvalue weighted by Crippen LogP contribution is -2.27. The Bertz CT molecular complexity index is 704. The van der Waals surface area contributed by atoms with E-state index in [1.54, 1.807) is 18.2 Å². The molecule has 1 aromatic heterocycles. The van der Waals surface area contributed by atoms with E-state index < -0.39 is 11.9 Å². The van der Waals surface area contributed by atoms with E-state index in [9.17, 15) is 14.4 Å². The minimum Gasteiger partial charge on any atom is -0.478 e. The average Bonchev–Trinajstić information content (AvgIpc) is 2.48. The number of carboxylic acids is 1. The minimum absolute atomic E-state index is 0.0983. The van der Waals surface area contributed by atoms with Gasteiger partial charge in [0.05, 0.1) is 11.8 Å². The van der Waals surface area contributed by atoms with E-state index in [2.05, 4.69) is 15.3 Å². The van der Waals surface area contributed by atoms with Gasteiger partial charge >= 0.3 is 5.97 Å². The Morgan fingerprint density at radius 1 is 1.29 bits per heavy atom. The van der Waals surface area contributed by atoms with Crippen LogP contribution in [0.2, 0.25) is 0 Å². The largest absolute Gasteiger partial charge is 0.478 e. The van der Waals surface area contributed by atoms with Crippen molar-refractivity contribution in [3.63, 3.8) is 0 Å². The van der Waals surface area contributed by atoms with Gasteiger partial charge in [0.1, 0.15) is 5.69 Å². The number of aromatic nitrogens is 2. The predicted molar refractivity (Wildman–Crippen MR) is 74.3 cm³/mol. The van der Waals surface area contributed by atoms with Gasteiger partial charge in [-0.2, -0.15) is 0 Å². The minimum atomic E-state index is -1.00. The number of carbonyl (C=O) groups is 2. The van der Waals surface area contributed by atoms with Gasteiger partial charge in [-0.05, 0) is 18.1 Å². The molecule has 0 aliphatic carbocycles. The van der Waals surface area contributed by atoms with E-state index in [-0.39, 0.29) is 23.4 Å². The molecule has 0 unspecified atom stereocenters. The summed E-state index contributed by atoms with van der Waals surface area (Å²) in [6.07, 6.45) is 2.63. The molecule has 108 valence electrons. The summed E-state index contributed by atoms with van der Waals surface area (Å²) in [5, 5.41) is 11.7. The first-order valence-corrected chi connectivity index (χ1v) is 6.22. The Balaban J connectivity index is 1.95. The summed E-state index contributed by atoms with van der Waals surface area (Å²) in [5.41, 5.74) is 0.566. The molecule has 0 saturated carbocycles. The number of hydrogen-bond acceptors (Lipinski definition) is 4. The Labute approximate surface area is 119 Å². The van der Waals surface area contributed by atoms with Crippen molar-refractivity contribution in [3.8, 4) is 0 Å². The van der Waals surface area contributed by atoms with Gasteiger partial charge in [-0.1, -0.05) is 18.2 Å². The van der Waals surface area contributed by atoms with Gasteiger partial charge in [-0.3, -0.25) is 9.59 Å². The van der Waals surface area contributed by atoms with Crippen LogP contribution in [0, 0.1) is 0 Å². The van der Waals surface area contributed by atoms with Crippen LogP contribution >= 0.6 is 0 Å². The molecule has 0 aliphatic heterocycles. The Hall–Kier alpha value is -2.96. The normalized spacial score (nSPS) is 10.1. The van der Waals surface area contributed by atoms with Crippen molar-refractivity contribution in [2.45, 2.75) is 6.42 Å². The maximum Gasteiger partial charge on any atom is 0.335 e. The molecule has 0 atom stereocenters. The topological polar surface area (TPSA) is 112 Å². The molecular weight excluding hydrogens is 274 g/mol. The standard InChI is InChI=1S/C14H13N3O4/c18-12-8-16-11(7-17-12)13(19)15-6-5-9-3-1-2-4-10(9)14(20)21/h1-4,7-8H,5-6H2,(H,15,19)(H,17,18)(H,20,21). The van der Waals surface area contributed by atoms with Gasteiger partial charge in [-0.15, -0.1) is 0 Å². The molecular formula is C14H13N3O4. The van der Waals surface area contributed by atoms with Crippen molar-refractivity contribution in [1.82, 2.24) is 15.3 Å². The number of nitrogens with one attached hydrogen (secondary N) is 2. The number of rotatable bonds is 5. The fourth-order valence-electron chi connectivity index (χ4n) is 1.81. The molecule has 0 radical (unpaired) electrons.